The minimum absolute atomic E-state index is 0.0279. The molecule has 11 unspecified atom stereocenters. The number of aliphatic carboxylic acids is 1. The standard InChI is InChI=1S/C39H54O6/c1-24-15-20-39(34(43)44)22-21-37(5)28(33(39)25(24)2)12-13-30-35(3)18-17-31(41)36(4,29(35)16-19-38(30,37)6)23-45-32(42)14-9-26-7-10-27(40)11-8-26/h7-12,14,24-25,29-31,33,40-41H,13,15-23H2,1-6H3,(H,43,44). The molecule has 0 bridgehead atoms. The van der Waals surface area contributed by atoms with E-state index in [0.29, 0.717) is 24.2 Å². The Balaban J connectivity index is 1.28. The Labute approximate surface area is 269 Å². The number of esters is 1. The van der Waals surface area contributed by atoms with E-state index in [4.69, 9.17) is 4.74 Å². The van der Waals surface area contributed by atoms with Gasteiger partial charge in [-0.25, -0.2) is 4.79 Å². The van der Waals surface area contributed by atoms with Gasteiger partial charge in [0.2, 0.25) is 0 Å². The molecule has 4 saturated carbocycles. The molecule has 6 rings (SSSR count). The van der Waals surface area contributed by atoms with Crippen LogP contribution in [0.1, 0.15) is 105 Å². The fraction of sp³-hybridized carbons (Fsp3) is 0.692. The van der Waals surface area contributed by atoms with E-state index in [-0.39, 0.29) is 40.4 Å². The lowest BCUT2D eigenvalue weighted by atomic mass is 9.33. The van der Waals surface area contributed by atoms with Crippen molar-refractivity contribution in [1.82, 2.24) is 0 Å². The van der Waals surface area contributed by atoms with Gasteiger partial charge in [0.15, 0.2) is 0 Å². The lowest BCUT2D eigenvalue weighted by molar-refractivity contribution is -0.220. The highest BCUT2D eigenvalue weighted by Crippen LogP contribution is 2.75. The Hall–Kier alpha value is -2.60. The van der Waals surface area contributed by atoms with Crippen LogP contribution < -0.4 is 0 Å². The molecular weight excluding hydrogens is 564 g/mol. The van der Waals surface area contributed by atoms with E-state index in [1.165, 1.54) is 11.6 Å². The second kappa shape index (κ2) is 11.0. The molecule has 1 aromatic carbocycles. The third-order valence-electron chi connectivity index (χ3n) is 15.0. The summed E-state index contributed by atoms with van der Waals surface area (Å²) in [6.45, 7) is 14.3. The number of fused-ring (bicyclic) bond motifs is 7. The molecule has 0 saturated heterocycles. The number of carbonyl (C=O) groups excluding carboxylic acids is 1. The minimum atomic E-state index is -0.643. The summed E-state index contributed by atoms with van der Waals surface area (Å²) in [6.07, 6.45) is 13.1. The maximum absolute atomic E-state index is 13.0. The SMILES string of the molecule is CC1CCC2(C(=O)O)CCC3(C)C(=CCC4C5(C)CCC(O)C(C)(COC(=O)C=Cc6ccc(O)cc6)C5CCC43C)C2C1C. The van der Waals surface area contributed by atoms with E-state index < -0.39 is 28.9 Å². The number of carbonyl (C=O) groups is 2. The average molecular weight is 619 g/mol. The number of phenols is 1. The highest BCUT2D eigenvalue weighted by molar-refractivity contribution is 5.87. The maximum Gasteiger partial charge on any atom is 0.330 e. The van der Waals surface area contributed by atoms with Crippen molar-refractivity contribution in [2.24, 2.45) is 56.7 Å². The molecule has 0 amide bonds. The summed E-state index contributed by atoms with van der Waals surface area (Å²) >= 11 is 0. The van der Waals surface area contributed by atoms with Crippen LogP contribution in [0, 0.1) is 56.7 Å². The highest BCUT2D eigenvalue weighted by atomic mass is 16.5. The average Bonchev–Trinajstić information content (AvgIpc) is 3.00. The number of phenolic OH excluding ortho intramolecular Hbond substituents is 1. The summed E-state index contributed by atoms with van der Waals surface area (Å²) < 4.78 is 5.87. The molecule has 0 radical (unpaired) electrons. The van der Waals surface area contributed by atoms with Crippen molar-refractivity contribution in [3.8, 4) is 5.75 Å². The molecule has 1 aromatic rings. The van der Waals surface area contributed by atoms with Gasteiger partial charge in [-0.05, 0) is 127 Å². The molecule has 3 N–H and O–H groups in total. The Morgan fingerprint density at radius 2 is 1.64 bits per heavy atom. The van der Waals surface area contributed by atoms with Crippen molar-refractivity contribution >= 4 is 18.0 Å². The zero-order valence-electron chi connectivity index (χ0n) is 28.1. The Bertz CT molecular complexity index is 1400. The molecular formula is C39H54O6. The Morgan fingerprint density at radius 3 is 2.33 bits per heavy atom. The number of carboxylic acids is 1. The molecule has 11 atom stereocenters. The first kappa shape index (κ1) is 32.3. The number of hydrogen-bond acceptors (Lipinski definition) is 5. The second-order valence-corrected chi connectivity index (χ2v) is 16.7. The van der Waals surface area contributed by atoms with Gasteiger partial charge in [0.1, 0.15) is 5.75 Å². The zero-order chi connectivity index (χ0) is 32.6. The summed E-state index contributed by atoms with van der Waals surface area (Å²) in [7, 11) is 0. The van der Waals surface area contributed by atoms with Crippen molar-refractivity contribution < 1.29 is 29.6 Å². The van der Waals surface area contributed by atoms with Crippen molar-refractivity contribution in [3.05, 3.63) is 47.6 Å². The smallest absolute Gasteiger partial charge is 0.330 e. The molecule has 0 aliphatic heterocycles. The topological polar surface area (TPSA) is 104 Å². The lowest BCUT2D eigenvalue weighted by Gasteiger charge is -2.71. The van der Waals surface area contributed by atoms with Crippen molar-refractivity contribution in [1.29, 1.82) is 0 Å². The summed E-state index contributed by atoms with van der Waals surface area (Å²) in [5.41, 5.74) is 0.967. The quantitative estimate of drug-likeness (QED) is 0.175. The molecule has 0 aromatic heterocycles. The van der Waals surface area contributed by atoms with Crippen molar-refractivity contribution in [2.45, 2.75) is 105 Å². The predicted molar refractivity (Wildman–Crippen MR) is 175 cm³/mol. The number of hydrogen-bond donors (Lipinski definition) is 3. The second-order valence-electron chi connectivity index (χ2n) is 16.7. The van der Waals surface area contributed by atoms with E-state index in [1.54, 1.807) is 30.3 Å². The number of benzene rings is 1. The largest absolute Gasteiger partial charge is 0.508 e. The minimum Gasteiger partial charge on any atom is -0.508 e. The normalized spacial score (nSPS) is 45.8. The number of aromatic hydroxyl groups is 1. The molecule has 45 heavy (non-hydrogen) atoms. The number of allylic oxidation sites excluding steroid dienone is 2. The van der Waals surface area contributed by atoms with E-state index in [9.17, 15) is 24.9 Å². The Morgan fingerprint density at radius 1 is 0.933 bits per heavy atom. The van der Waals surface area contributed by atoms with Crippen LogP contribution in [0.25, 0.3) is 6.08 Å². The first-order chi connectivity index (χ1) is 21.1. The molecule has 246 valence electrons. The maximum atomic E-state index is 13.0. The molecule has 0 spiro atoms. The van der Waals surface area contributed by atoms with Crippen LogP contribution in [-0.2, 0) is 14.3 Å². The zero-order valence-corrected chi connectivity index (χ0v) is 28.1. The van der Waals surface area contributed by atoms with E-state index in [2.05, 4.69) is 47.6 Å². The summed E-state index contributed by atoms with van der Waals surface area (Å²) in [5.74, 6) is 0.714. The summed E-state index contributed by atoms with van der Waals surface area (Å²) in [6, 6.07) is 6.64. The predicted octanol–water partition coefficient (Wildman–Crippen LogP) is 8.03. The number of ether oxygens (including phenoxy) is 1. The van der Waals surface area contributed by atoms with Gasteiger partial charge in [-0.3, -0.25) is 4.79 Å². The van der Waals surface area contributed by atoms with E-state index in [1.807, 2.05) is 0 Å². The molecule has 6 nitrogen and oxygen atoms in total. The van der Waals surface area contributed by atoms with Gasteiger partial charge < -0.3 is 20.1 Å². The van der Waals surface area contributed by atoms with Crippen LogP contribution in [-0.4, -0.2) is 40.0 Å². The van der Waals surface area contributed by atoms with Crippen LogP contribution in [0.15, 0.2) is 42.0 Å². The van der Waals surface area contributed by atoms with Gasteiger partial charge in [-0.2, -0.15) is 0 Å². The van der Waals surface area contributed by atoms with Gasteiger partial charge in [-0.1, -0.05) is 65.3 Å². The van der Waals surface area contributed by atoms with Crippen molar-refractivity contribution in [2.75, 3.05) is 6.61 Å². The molecule has 6 heteroatoms. The van der Waals surface area contributed by atoms with Crippen LogP contribution >= 0.6 is 0 Å². The molecule has 4 fully saturated rings. The molecule has 0 heterocycles. The fourth-order valence-corrected chi connectivity index (χ4v) is 11.9. The van der Waals surface area contributed by atoms with Crippen LogP contribution in [0.4, 0.5) is 0 Å². The number of aliphatic hydroxyl groups is 1. The van der Waals surface area contributed by atoms with Crippen molar-refractivity contribution in [3.63, 3.8) is 0 Å². The first-order valence-electron chi connectivity index (χ1n) is 17.4. The van der Waals surface area contributed by atoms with Crippen LogP contribution in [0.3, 0.4) is 0 Å². The van der Waals surface area contributed by atoms with Gasteiger partial charge >= 0.3 is 11.9 Å². The number of carboxylic acid groups (broad SMARTS) is 1. The van der Waals surface area contributed by atoms with E-state index in [0.717, 1.165) is 56.9 Å². The first-order valence-corrected chi connectivity index (χ1v) is 17.4. The third-order valence-corrected chi connectivity index (χ3v) is 15.0. The number of aliphatic hydroxyl groups excluding tert-OH is 1. The lowest BCUT2D eigenvalue weighted by Crippen LogP contribution is -2.66. The van der Waals surface area contributed by atoms with Crippen LogP contribution in [0.2, 0.25) is 0 Å². The molecule has 5 aliphatic rings. The van der Waals surface area contributed by atoms with E-state index >= 15 is 0 Å². The van der Waals surface area contributed by atoms with Gasteiger partial charge in [0.25, 0.3) is 0 Å². The monoisotopic (exact) mass is 618 g/mol. The highest BCUT2D eigenvalue weighted by Gasteiger charge is 2.70. The van der Waals surface area contributed by atoms with Gasteiger partial charge in [-0.15, -0.1) is 0 Å². The summed E-state index contributed by atoms with van der Waals surface area (Å²) in [4.78, 5) is 25.8. The fourth-order valence-electron chi connectivity index (χ4n) is 11.9. The Kier molecular flexibility index (Phi) is 7.90. The number of rotatable bonds is 5. The molecule has 5 aliphatic carbocycles. The van der Waals surface area contributed by atoms with Crippen LogP contribution in [0.5, 0.6) is 5.75 Å². The van der Waals surface area contributed by atoms with Gasteiger partial charge in [0.05, 0.1) is 18.1 Å². The summed E-state index contributed by atoms with van der Waals surface area (Å²) in [5, 5.41) is 31.7. The third kappa shape index (κ3) is 4.66. The van der Waals surface area contributed by atoms with Gasteiger partial charge in [0, 0.05) is 11.5 Å².